The van der Waals surface area contributed by atoms with E-state index in [1.54, 1.807) is 0 Å². The monoisotopic (exact) mass is 336 g/mol. The van der Waals surface area contributed by atoms with Gasteiger partial charge in [0, 0.05) is 35.3 Å². The number of carbonyl (C=O) groups excluding carboxylic acids is 1. The minimum absolute atomic E-state index is 0.00469. The van der Waals surface area contributed by atoms with E-state index in [1.807, 2.05) is 24.4 Å². The number of halogens is 1. The highest BCUT2D eigenvalue weighted by molar-refractivity contribution is 6.31. The first-order chi connectivity index (χ1) is 11.0. The fourth-order valence-corrected chi connectivity index (χ4v) is 3.18. The summed E-state index contributed by atoms with van der Waals surface area (Å²) >= 11 is 5.98. The van der Waals surface area contributed by atoms with Crippen molar-refractivity contribution in [2.75, 3.05) is 13.2 Å². The number of aromatic nitrogens is 1. The van der Waals surface area contributed by atoms with E-state index in [4.69, 9.17) is 11.6 Å². The zero-order valence-corrected chi connectivity index (χ0v) is 14.5. The average Bonchev–Trinajstić information content (AvgIpc) is 2.93. The highest BCUT2D eigenvalue weighted by atomic mass is 35.5. The van der Waals surface area contributed by atoms with Crippen LogP contribution in [0.5, 0.6) is 0 Å². The fraction of sp³-hybridized carbons (Fsp3) is 0.500. The normalized spacial score (nSPS) is 11.8. The number of nitrogens with one attached hydrogen (secondary N) is 2. The maximum atomic E-state index is 12.3. The van der Waals surface area contributed by atoms with Gasteiger partial charge in [-0.3, -0.25) is 4.79 Å². The van der Waals surface area contributed by atoms with E-state index in [0.29, 0.717) is 24.4 Å². The maximum absolute atomic E-state index is 12.3. The van der Waals surface area contributed by atoms with E-state index in [-0.39, 0.29) is 17.9 Å². The number of rotatable bonds is 8. The molecule has 126 valence electrons. The maximum Gasteiger partial charge on any atom is 0.224 e. The van der Waals surface area contributed by atoms with Gasteiger partial charge in [0.1, 0.15) is 0 Å². The Morgan fingerprint density at radius 3 is 2.74 bits per heavy atom. The van der Waals surface area contributed by atoms with Gasteiger partial charge >= 0.3 is 0 Å². The summed E-state index contributed by atoms with van der Waals surface area (Å²) in [5.41, 5.74) is 1.89. The van der Waals surface area contributed by atoms with Gasteiger partial charge in [0.05, 0.1) is 6.42 Å². The summed E-state index contributed by atoms with van der Waals surface area (Å²) in [7, 11) is 0. The van der Waals surface area contributed by atoms with E-state index in [9.17, 15) is 9.90 Å². The third-order valence-corrected chi connectivity index (χ3v) is 5.12. The van der Waals surface area contributed by atoms with Crippen molar-refractivity contribution in [2.24, 2.45) is 5.41 Å². The molecule has 0 bridgehead atoms. The van der Waals surface area contributed by atoms with Gasteiger partial charge in [-0.2, -0.15) is 0 Å². The Hall–Kier alpha value is -1.52. The van der Waals surface area contributed by atoms with Crippen molar-refractivity contribution in [1.82, 2.24) is 10.3 Å². The van der Waals surface area contributed by atoms with Crippen LogP contribution in [0, 0.1) is 5.41 Å². The zero-order chi connectivity index (χ0) is 16.9. The first kappa shape index (κ1) is 17.8. The number of carbonyl (C=O) groups is 1. The lowest BCUT2D eigenvalue weighted by Gasteiger charge is -2.31. The second-order valence-electron chi connectivity index (χ2n) is 6.14. The molecule has 0 saturated carbocycles. The lowest BCUT2D eigenvalue weighted by Crippen LogP contribution is -2.38. The molecule has 0 spiro atoms. The third-order valence-electron chi connectivity index (χ3n) is 4.88. The van der Waals surface area contributed by atoms with E-state index < -0.39 is 0 Å². The number of H-pyrrole nitrogens is 1. The van der Waals surface area contributed by atoms with Crippen LogP contribution in [-0.2, 0) is 11.2 Å². The Morgan fingerprint density at radius 2 is 2.09 bits per heavy atom. The molecule has 1 aromatic heterocycles. The predicted octanol–water partition coefficient (Wildman–Crippen LogP) is 3.67. The highest BCUT2D eigenvalue weighted by Crippen LogP contribution is 2.29. The minimum atomic E-state index is -0.0157. The smallest absolute Gasteiger partial charge is 0.224 e. The summed E-state index contributed by atoms with van der Waals surface area (Å²) < 4.78 is 0. The SMILES string of the molecule is CCC(CC)(CCO)CNC(=O)Cc1c[nH]c2cc(Cl)ccc12. The number of aromatic amines is 1. The molecule has 0 saturated heterocycles. The molecule has 0 unspecified atom stereocenters. The first-order valence-corrected chi connectivity index (χ1v) is 8.54. The molecule has 0 fully saturated rings. The van der Waals surface area contributed by atoms with Crippen LogP contribution < -0.4 is 5.32 Å². The molecule has 0 aliphatic carbocycles. The van der Waals surface area contributed by atoms with Crippen molar-refractivity contribution < 1.29 is 9.90 Å². The molecule has 2 aromatic rings. The van der Waals surface area contributed by atoms with Crippen LogP contribution >= 0.6 is 11.6 Å². The summed E-state index contributed by atoms with van der Waals surface area (Å²) in [6, 6.07) is 5.63. The van der Waals surface area contributed by atoms with Crippen molar-refractivity contribution in [2.45, 2.75) is 39.5 Å². The van der Waals surface area contributed by atoms with Crippen LogP contribution in [-0.4, -0.2) is 29.1 Å². The number of fused-ring (bicyclic) bond motifs is 1. The lowest BCUT2D eigenvalue weighted by molar-refractivity contribution is -0.121. The molecule has 0 atom stereocenters. The second kappa shape index (κ2) is 7.84. The Morgan fingerprint density at radius 1 is 1.35 bits per heavy atom. The highest BCUT2D eigenvalue weighted by Gasteiger charge is 2.26. The number of aliphatic hydroxyl groups excluding tert-OH is 1. The summed E-state index contributed by atoms with van der Waals surface area (Å²) in [6.45, 7) is 4.97. The minimum Gasteiger partial charge on any atom is -0.396 e. The Kier molecular flexibility index (Phi) is 6.08. The third kappa shape index (κ3) is 4.27. The molecule has 1 heterocycles. The fourth-order valence-electron chi connectivity index (χ4n) is 3.01. The number of hydrogen-bond acceptors (Lipinski definition) is 2. The number of benzene rings is 1. The Labute approximate surface area is 142 Å². The molecule has 23 heavy (non-hydrogen) atoms. The quantitative estimate of drug-likeness (QED) is 0.688. The van der Waals surface area contributed by atoms with E-state index in [2.05, 4.69) is 24.1 Å². The Balaban J connectivity index is 2.01. The largest absolute Gasteiger partial charge is 0.396 e. The lowest BCUT2D eigenvalue weighted by atomic mass is 9.79. The van der Waals surface area contributed by atoms with Crippen molar-refractivity contribution in [1.29, 1.82) is 0 Å². The summed E-state index contributed by atoms with van der Waals surface area (Å²) in [5.74, 6) is 0.00469. The topological polar surface area (TPSA) is 65.1 Å². The van der Waals surface area contributed by atoms with Crippen molar-refractivity contribution in [3.8, 4) is 0 Å². The van der Waals surface area contributed by atoms with Gasteiger partial charge in [-0.25, -0.2) is 0 Å². The first-order valence-electron chi connectivity index (χ1n) is 8.16. The van der Waals surface area contributed by atoms with Gasteiger partial charge in [-0.15, -0.1) is 0 Å². The molecule has 0 aliphatic rings. The van der Waals surface area contributed by atoms with Gasteiger partial charge in [0.15, 0.2) is 0 Å². The van der Waals surface area contributed by atoms with Crippen LogP contribution in [0.4, 0.5) is 0 Å². The van der Waals surface area contributed by atoms with Crippen molar-refractivity contribution in [3.05, 3.63) is 35.0 Å². The summed E-state index contributed by atoms with van der Waals surface area (Å²) in [6.07, 6.45) is 4.79. The van der Waals surface area contributed by atoms with Crippen LogP contribution in [0.25, 0.3) is 10.9 Å². The van der Waals surface area contributed by atoms with E-state index in [1.165, 1.54) is 0 Å². The molecular formula is C18H25ClN2O2. The van der Waals surface area contributed by atoms with Gasteiger partial charge in [-0.05, 0) is 42.4 Å². The number of aliphatic hydroxyl groups is 1. The van der Waals surface area contributed by atoms with E-state index in [0.717, 1.165) is 29.3 Å². The molecule has 3 N–H and O–H groups in total. The molecular weight excluding hydrogens is 312 g/mol. The van der Waals surface area contributed by atoms with Crippen LogP contribution in [0.15, 0.2) is 24.4 Å². The predicted molar refractivity (Wildman–Crippen MR) is 94.7 cm³/mol. The molecule has 4 nitrogen and oxygen atoms in total. The van der Waals surface area contributed by atoms with Crippen molar-refractivity contribution >= 4 is 28.4 Å². The van der Waals surface area contributed by atoms with Gasteiger partial charge < -0.3 is 15.4 Å². The molecule has 0 aliphatic heterocycles. The number of amides is 1. The molecule has 1 amide bonds. The summed E-state index contributed by atoms with van der Waals surface area (Å²) in [5, 5.41) is 14.0. The van der Waals surface area contributed by atoms with Gasteiger partial charge in [-0.1, -0.05) is 31.5 Å². The number of hydrogen-bond donors (Lipinski definition) is 3. The van der Waals surface area contributed by atoms with Gasteiger partial charge in [0.25, 0.3) is 0 Å². The van der Waals surface area contributed by atoms with Crippen molar-refractivity contribution in [3.63, 3.8) is 0 Å². The zero-order valence-electron chi connectivity index (χ0n) is 13.8. The van der Waals surface area contributed by atoms with Crippen LogP contribution in [0.3, 0.4) is 0 Å². The molecule has 0 radical (unpaired) electrons. The van der Waals surface area contributed by atoms with Gasteiger partial charge in [0.2, 0.25) is 5.91 Å². The van der Waals surface area contributed by atoms with Crippen LogP contribution in [0.1, 0.15) is 38.7 Å². The summed E-state index contributed by atoms with van der Waals surface area (Å²) in [4.78, 5) is 15.4. The second-order valence-corrected chi connectivity index (χ2v) is 6.57. The molecule has 5 heteroatoms. The standard InChI is InChI=1S/C18H25ClN2O2/c1-3-18(4-2,7-8-22)12-21-17(23)9-13-11-20-16-10-14(19)5-6-15(13)16/h5-6,10-11,20,22H,3-4,7-9,12H2,1-2H3,(H,21,23). The average molecular weight is 337 g/mol. The van der Waals surface area contributed by atoms with Crippen LogP contribution in [0.2, 0.25) is 5.02 Å². The van der Waals surface area contributed by atoms with E-state index >= 15 is 0 Å². The Bertz CT molecular complexity index is 662. The molecule has 2 rings (SSSR count). The molecule has 1 aromatic carbocycles.